The van der Waals surface area contributed by atoms with E-state index < -0.39 is 0 Å². The highest BCUT2D eigenvalue weighted by molar-refractivity contribution is 5.38. The first kappa shape index (κ1) is 12.5. The molecule has 2 heterocycles. The summed E-state index contributed by atoms with van der Waals surface area (Å²) in [5.74, 6) is 0. The lowest BCUT2D eigenvalue weighted by Crippen LogP contribution is -2.36. The van der Waals surface area contributed by atoms with Crippen molar-refractivity contribution in [2.75, 3.05) is 26.3 Å². The molecule has 2 aromatic rings. The lowest BCUT2D eigenvalue weighted by Gasteiger charge is -2.27. The molecule has 0 bridgehead atoms. The Balaban J connectivity index is 1.81. The number of hydrogen-bond donors (Lipinski definition) is 0. The van der Waals surface area contributed by atoms with E-state index in [0.29, 0.717) is 0 Å². The van der Waals surface area contributed by atoms with Crippen molar-refractivity contribution in [3.8, 4) is 5.69 Å². The number of aromatic nitrogens is 1. The van der Waals surface area contributed by atoms with Crippen LogP contribution in [0.2, 0.25) is 0 Å². The standard InChI is InChI=1S/C16H20N2O/c1-14-4-2-5-15(12-14)18-7-3-6-16(18)13-17-8-10-19-11-9-17/h2-7,12H,8-11,13H2,1H3. The Hall–Kier alpha value is -1.58. The summed E-state index contributed by atoms with van der Waals surface area (Å²) in [6, 6.07) is 13.0. The normalized spacial score (nSPS) is 16.7. The molecular weight excluding hydrogens is 236 g/mol. The van der Waals surface area contributed by atoms with E-state index in [0.717, 1.165) is 32.8 Å². The van der Waals surface area contributed by atoms with Crippen LogP contribution in [0.25, 0.3) is 5.69 Å². The molecular formula is C16H20N2O. The average Bonchev–Trinajstić information content (AvgIpc) is 2.88. The number of nitrogens with zero attached hydrogens (tertiary/aromatic N) is 2. The summed E-state index contributed by atoms with van der Waals surface area (Å²) in [7, 11) is 0. The fourth-order valence-electron chi connectivity index (χ4n) is 2.56. The maximum absolute atomic E-state index is 5.40. The molecule has 0 amide bonds. The average molecular weight is 256 g/mol. The Labute approximate surface area is 114 Å². The Kier molecular flexibility index (Phi) is 3.67. The summed E-state index contributed by atoms with van der Waals surface area (Å²) < 4.78 is 7.68. The van der Waals surface area contributed by atoms with Crippen molar-refractivity contribution in [3.63, 3.8) is 0 Å². The van der Waals surface area contributed by atoms with E-state index in [4.69, 9.17) is 4.74 Å². The van der Waals surface area contributed by atoms with Crippen LogP contribution >= 0.6 is 0 Å². The molecule has 1 aromatic heterocycles. The molecule has 0 aliphatic carbocycles. The number of rotatable bonds is 3. The molecule has 1 saturated heterocycles. The SMILES string of the molecule is Cc1cccc(-n2cccc2CN2CCOCC2)c1. The first-order valence-electron chi connectivity index (χ1n) is 6.86. The lowest BCUT2D eigenvalue weighted by molar-refractivity contribution is 0.0334. The summed E-state index contributed by atoms with van der Waals surface area (Å²) in [5.41, 5.74) is 3.88. The van der Waals surface area contributed by atoms with Crippen LogP contribution in [0, 0.1) is 6.92 Å². The minimum Gasteiger partial charge on any atom is -0.379 e. The van der Waals surface area contributed by atoms with E-state index >= 15 is 0 Å². The monoisotopic (exact) mass is 256 g/mol. The van der Waals surface area contributed by atoms with Gasteiger partial charge in [-0.1, -0.05) is 12.1 Å². The second-order valence-electron chi connectivity index (χ2n) is 5.10. The fourth-order valence-corrected chi connectivity index (χ4v) is 2.56. The van der Waals surface area contributed by atoms with Gasteiger partial charge in [-0.25, -0.2) is 0 Å². The molecule has 0 radical (unpaired) electrons. The number of aryl methyl sites for hydroxylation is 1. The van der Waals surface area contributed by atoms with E-state index in [1.807, 2.05) is 0 Å². The van der Waals surface area contributed by atoms with Gasteiger partial charge in [-0.15, -0.1) is 0 Å². The zero-order valence-electron chi connectivity index (χ0n) is 11.4. The lowest BCUT2D eigenvalue weighted by atomic mass is 10.2. The van der Waals surface area contributed by atoms with Gasteiger partial charge in [0.25, 0.3) is 0 Å². The third kappa shape index (κ3) is 2.88. The van der Waals surface area contributed by atoms with Crippen molar-refractivity contribution in [2.45, 2.75) is 13.5 Å². The molecule has 3 rings (SSSR count). The van der Waals surface area contributed by atoms with Gasteiger partial charge in [0.15, 0.2) is 0 Å². The summed E-state index contributed by atoms with van der Waals surface area (Å²) in [6.45, 7) is 6.88. The molecule has 0 unspecified atom stereocenters. The Morgan fingerprint density at radius 3 is 2.74 bits per heavy atom. The van der Waals surface area contributed by atoms with Crippen LogP contribution in [0.3, 0.4) is 0 Å². The molecule has 19 heavy (non-hydrogen) atoms. The van der Waals surface area contributed by atoms with Crippen molar-refractivity contribution in [1.82, 2.24) is 9.47 Å². The van der Waals surface area contributed by atoms with Crippen LogP contribution in [0.1, 0.15) is 11.3 Å². The maximum Gasteiger partial charge on any atom is 0.0594 e. The van der Waals surface area contributed by atoms with Crippen LogP contribution in [0.4, 0.5) is 0 Å². The smallest absolute Gasteiger partial charge is 0.0594 e. The maximum atomic E-state index is 5.40. The topological polar surface area (TPSA) is 17.4 Å². The van der Waals surface area contributed by atoms with Gasteiger partial charge in [0, 0.05) is 37.2 Å². The van der Waals surface area contributed by atoms with Crippen LogP contribution < -0.4 is 0 Å². The van der Waals surface area contributed by atoms with Crippen LogP contribution in [-0.4, -0.2) is 35.8 Å². The fraction of sp³-hybridized carbons (Fsp3) is 0.375. The van der Waals surface area contributed by atoms with Crippen molar-refractivity contribution < 1.29 is 4.74 Å². The molecule has 3 nitrogen and oxygen atoms in total. The number of benzene rings is 1. The van der Waals surface area contributed by atoms with Gasteiger partial charge in [0.1, 0.15) is 0 Å². The van der Waals surface area contributed by atoms with Crippen LogP contribution in [-0.2, 0) is 11.3 Å². The predicted octanol–water partition coefficient (Wildman–Crippen LogP) is 2.62. The number of morpholine rings is 1. The highest BCUT2D eigenvalue weighted by atomic mass is 16.5. The van der Waals surface area contributed by atoms with Gasteiger partial charge in [-0.2, -0.15) is 0 Å². The molecule has 3 heteroatoms. The largest absolute Gasteiger partial charge is 0.379 e. The quantitative estimate of drug-likeness (QED) is 0.840. The second-order valence-corrected chi connectivity index (χ2v) is 5.10. The zero-order chi connectivity index (χ0) is 13.1. The molecule has 1 aromatic carbocycles. The Morgan fingerprint density at radius 2 is 1.95 bits per heavy atom. The van der Waals surface area contributed by atoms with E-state index in [-0.39, 0.29) is 0 Å². The number of hydrogen-bond acceptors (Lipinski definition) is 2. The van der Waals surface area contributed by atoms with Gasteiger partial charge >= 0.3 is 0 Å². The van der Waals surface area contributed by atoms with Gasteiger partial charge in [0.05, 0.1) is 13.2 Å². The van der Waals surface area contributed by atoms with Crippen molar-refractivity contribution in [2.24, 2.45) is 0 Å². The van der Waals surface area contributed by atoms with E-state index in [1.165, 1.54) is 16.9 Å². The molecule has 1 fully saturated rings. The summed E-state index contributed by atoms with van der Waals surface area (Å²) in [6.07, 6.45) is 2.14. The van der Waals surface area contributed by atoms with E-state index in [9.17, 15) is 0 Å². The van der Waals surface area contributed by atoms with Crippen molar-refractivity contribution in [3.05, 3.63) is 53.9 Å². The molecule has 0 atom stereocenters. The molecule has 0 N–H and O–H groups in total. The third-order valence-electron chi connectivity index (χ3n) is 3.60. The van der Waals surface area contributed by atoms with Crippen molar-refractivity contribution >= 4 is 0 Å². The Bertz CT molecular complexity index is 541. The highest BCUT2D eigenvalue weighted by Crippen LogP contribution is 2.16. The molecule has 0 spiro atoms. The minimum atomic E-state index is 0.852. The van der Waals surface area contributed by atoms with Gasteiger partial charge in [-0.05, 0) is 36.8 Å². The zero-order valence-corrected chi connectivity index (χ0v) is 11.4. The summed E-state index contributed by atoms with van der Waals surface area (Å²) >= 11 is 0. The summed E-state index contributed by atoms with van der Waals surface area (Å²) in [4.78, 5) is 2.45. The third-order valence-corrected chi connectivity index (χ3v) is 3.60. The molecule has 1 aliphatic rings. The first-order valence-corrected chi connectivity index (χ1v) is 6.86. The van der Waals surface area contributed by atoms with Crippen molar-refractivity contribution in [1.29, 1.82) is 0 Å². The van der Waals surface area contributed by atoms with Gasteiger partial charge in [-0.3, -0.25) is 4.90 Å². The van der Waals surface area contributed by atoms with Crippen LogP contribution in [0.15, 0.2) is 42.6 Å². The second kappa shape index (κ2) is 5.59. The van der Waals surface area contributed by atoms with Crippen LogP contribution in [0.5, 0.6) is 0 Å². The van der Waals surface area contributed by atoms with E-state index in [1.54, 1.807) is 0 Å². The molecule has 0 saturated carbocycles. The minimum absolute atomic E-state index is 0.852. The first-order chi connectivity index (χ1) is 9.33. The van der Waals surface area contributed by atoms with Gasteiger partial charge in [0.2, 0.25) is 0 Å². The van der Waals surface area contributed by atoms with E-state index in [2.05, 4.69) is 59.0 Å². The number of ether oxygens (including phenoxy) is 1. The highest BCUT2D eigenvalue weighted by Gasteiger charge is 2.13. The predicted molar refractivity (Wildman–Crippen MR) is 76.6 cm³/mol. The molecule has 1 aliphatic heterocycles. The Morgan fingerprint density at radius 1 is 1.11 bits per heavy atom. The van der Waals surface area contributed by atoms with Gasteiger partial charge < -0.3 is 9.30 Å². The summed E-state index contributed by atoms with van der Waals surface area (Å²) in [5, 5.41) is 0. The molecule has 100 valence electrons.